The van der Waals surface area contributed by atoms with Gasteiger partial charge in [0.15, 0.2) is 18.1 Å². The third-order valence-electron chi connectivity index (χ3n) is 4.13. The summed E-state index contributed by atoms with van der Waals surface area (Å²) in [5.41, 5.74) is 0.944. The van der Waals surface area contributed by atoms with E-state index in [1.165, 1.54) is 4.90 Å². The van der Waals surface area contributed by atoms with Crippen molar-refractivity contribution in [3.63, 3.8) is 0 Å². The number of amides is 2. The van der Waals surface area contributed by atoms with Crippen molar-refractivity contribution in [1.82, 2.24) is 10.2 Å². The number of likely N-dealkylation sites (N-methyl/N-ethyl adjacent to an activating group) is 1. The van der Waals surface area contributed by atoms with Crippen LogP contribution in [0.25, 0.3) is 0 Å². The molecule has 0 aliphatic carbocycles. The minimum atomic E-state index is -0.612. The van der Waals surface area contributed by atoms with E-state index in [4.69, 9.17) is 9.47 Å². The van der Waals surface area contributed by atoms with E-state index in [1.807, 2.05) is 43.3 Å². The second-order valence-corrected chi connectivity index (χ2v) is 6.02. The van der Waals surface area contributed by atoms with Gasteiger partial charge in [-0.05, 0) is 31.5 Å². The maximum Gasteiger partial charge on any atom is 0.261 e. The second kappa shape index (κ2) is 10.2. The molecular formula is C21H26N2O4. The molecule has 2 amide bonds. The van der Waals surface area contributed by atoms with Gasteiger partial charge in [0, 0.05) is 13.1 Å². The summed E-state index contributed by atoms with van der Waals surface area (Å²) >= 11 is 0. The zero-order chi connectivity index (χ0) is 19.6. The normalized spacial score (nSPS) is 11.4. The molecule has 0 heterocycles. The van der Waals surface area contributed by atoms with Crippen LogP contribution in [0.4, 0.5) is 0 Å². The number of carbonyl (C=O) groups is 2. The number of rotatable bonds is 9. The van der Waals surface area contributed by atoms with E-state index in [2.05, 4.69) is 5.32 Å². The molecule has 0 saturated heterocycles. The Bertz CT molecular complexity index is 749. The molecule has 144 valence electrons. The lowest BCUT2D eigenvalue weighted by Crippen LogP contribution is -2.49. The van der Waals surface area contributed by atoms with Gasteiger partial charge in [-0.2, -0.15) is 0 Å². The summed E-state index contributed by atoms with van der Waals surface area (Å²) in [6, 6.07) is 16.1. The summed E-state index contributed by atoms with van der Waals surface area (Å²) in [5.74, 6) is 0.568. The summed E-state index contributed by atoms with van der Waals surface area (Å²) in [4.78, 5) is 26.7. The Morgan fingerprint density at radius 1 is 1.04 bits per heavy atom. The SMILES string of the molecule is CCNC(=O)C(C)N(Cc1ccccc1)C(=O)COc1ccccc1OC. The topological polar surface area (TPSA) is 67.9 Å². The number of para-hydroxylation sites is 2. The van der Waals surface area contributed by atoms with Crippen LogP contribution >= 0.6 is 0 Å². The fourth-order valence-corrected chi connectivity index (χ4v) is 2.65. The van der Waals surface area contributed by atoms with Crippen LogP contribution in [-0.4, -0.2) is 43.0 Å². The van der Waals surface area contributed by atoms with Gasteiger partial charge in [-0.3, -0.25) is 9.59 Å². The molecule has 0 saturated carbocycles. The molecule has 1 N–H and O–H groups in total. The van der Waals surface area contributed by atoms with Gasteiger partial charge >= 0.3 is 0 Å². The third-order valence-corrected chi connectivity index (χ3v) is 4.13. The predicted octanol–water partition coefficient (Wildman–Crippen LogP) is 2.63. The smallest absolute Gasteiger partial charge is 0.261 e. The first-order chi connectivity index (χ1) is 13.1. The van der Waals surface area contributed by atoms with Crippen molar-refractivity contribution in [3.8, 4) is 11.5 Å². The minimum absolute atomic E-state index is 0.184. The molecule has 1 atom stereocenters. The zero-order valence-corrected chi connectivity index (χ0v) is 16.0. The zero-order valence-electron chi connectivity index (χ0n) is 16.0. The number of nitrogens with zero attached hydrogens (tertiary/aromatic N) is 1. The molecule has 2 rings (SSSR count). The quantitative estimate of drug-likeness (QED) is 0.737. The Balaban J connectivity index is 2.13. The third kappa shape index (κ3) is 5.74. The molecule has 2 aromatic rings. The average Bonchev–Trinajstić information content (AvgIpc) is 2.70. The molecular weight excluding hydrogens is 344 g/mol. The Morgan fingerprint density at radius 3 is 2.30 bits per heavy atom. The highest BCUT2D eigenvalue weighted by Crippen LogP contribution is 2.25. The Hall–Kier alpha value is -3.02. The largest absolute Gasteiger partial charge is 0.493 e. The molecule has 0 spiro atoms. The predicted molar refractivity (Wildman–Crippen MR) is 104 cm³/mol. The van der Waals surface area contributed by atoms with Gasteiger partial charge in [0.1, 0.15) is 6.04 Å². The monoisotopic (exact) mass is 370 g/mol. The Kier molecular flexibility index (Phi) is 7.67. The van der Waals surface area contributed by atoms with E-state index in [0.29, 0.717) is 24.6 Å². The van der Waals surface area contributed by atoms with Crippen LogP contribution < -0.4 is 14.8 Å². The van der Waals surface area contributed by atoms with Crippen LogP contribution in [0.2, 0.25) is 0 Å². The van der Waals surface area contributed by atoms with Gasteiger partial charge in [-0.1, -0.05) is 42.5 Å². The number of carbonyl (C=O) groups excluding carboxylic acids is 2. The maximum absolute atomic E-state index is 12.9. The highest BCUT2D eigenvalue weighted by atomic mass is 16.5. The van der Waals surface area contributed by atoms with Gasteiger partial charge in [-0.15, -0.1) is 0 Å². The van der Waals surface area contributed by atoms with Crippen LogP contribution in [0, 0.1) is 0 Å². The number of nitrogens with one attached hydrogen (secondary N) is 1. The summed E-state index contributed by atoms with van der Waals surface area (Å²) < 4.78 is 10.9. The van der Waals surface area contributed by atoms with Crippen LogP contribution in [0.5, 0.6) is 11.5 Å². The van der Waals surface area contributed by atoms with Crippen LogP contribution in [0.1, 0.15) is 19.4 Å². The number of benzene rings is 2. The molecule has 6 heteroatoms. The minimum Gasteiger partial charge on any atom is -0.493 e. The van der Waals surface area contributed by atoms with Gasteiger partial charge in [0.05, 0.1) is 7.11 Å². The summed E-state index contributed by atoms with van der Waals surface area (Å²) in [5, 5.41) is 2.76. The van der Waals surface area contributed by atoms with Crippen molar-refractivity contribution in [2.75, 3.05) is 20.3 Å². The van der Waals surface area contributed by atoms with Gasteiger partial charge in [0.2, 0.25) is 5.91 Å². The van der Waals surface area contributed by atoms with Crippen LogP contribution in [0.15, 0.2) is 54.6 Å². The van der Waals surface area contributed by atoms with E-state index in [-0.39, 0.29) is 18.4 Å². The molecule has 0 aromatic heterocycles. The van der Waals surface area contributed by atoms with E-state index in [9.17, 15) is 9.59 Å². The van der Waals surface area contributed by atoms with Crippen molar-refractivity contribution in [2.24, 2.45) is 0 Å². The van der Waals surface area contributed by atoms with Gasteiger partial charge in [0.25, 0.3) is 5.91 Å². The highest BCUT2D eigenvalue weighted by Gasteiger charge is 2.26. The van der Waals surface area contributed by atoms with Crippen LogP contribution in [-0.2, 0) is 16.1 Å². The van der Waals surface area contributed by atoms with Gasteiger partial charge in [-0.25, -0.2) is 0 Å². The Labute approximate surface area is 160 Å². The number of ether oxygens (including phenoxy) is 2. The fraction of sp³-hybridized carbons (Fsp3) is 0.333. The lowest BCUT2D eigenvalue weighted by atomic mass is 10.1. The Morgan fingerprint density at radius 2 is 1.67 bits per heavy atom. The lowest BCUT2D eigenvalue weighted by Gasteiger charge is -2.28. The molecule has 6 nitrogen and oxygen atoms in total. The molecule has 0 aliphatic rings. The second-order valence-electron chi connectivity index (χ2n) is 6.02. The molecule has 0 fully saturated rings. The first-order valence-electron chi connectivity index (χ1n) is 8.93. The molecule has 1 unspecified atom stereocenters. The maximum atomic E-state index is 12.9. The summed E-state index contributed by atoms with van der Waals surface area (Å²) in [6.07, 6.45) is 0. The van der Waals surface area contributed by atoms with E-state index in [1.54, 1.807) is 32.2 Å². The lowest BCUT2D eigenvalue weighted by molar-refractivity contribution is -0.142. The first kappa shape index (κ1) is 20.3. The molecule has 0 radical (unpaired) electrons. The molecule has 2 aromatic carbocycles. The van der Waals surface area contributed by atoms with Crippen molar-refractivity contribution in [1.29, 1.82) is 0 Å². The van der Waals surface area contributed by atoms with Crippen molar-refractivity contribution in [3.05, 3.63) is 60.2 Å². The average molecular weight is 370 g/mol. The van der Waals surface area contributed by atoms with E-state index in [0.717, 1.165) is 5.56 Å². The fourth-order valence-electron chi connectivity index (χ4n) is 2.65. The van der Waals surface area contributed by atoms with Crippen LogP contribution in [0.3, 0.4) is 0 Å². The number of hydrogen-bond acceptors (Lipinski definition) is 4. The molecule has 0 bridgehead atoms. The molecule has 27 heavy (non-hydrogen) atoms. The first-order valence-corrected chi connectivity index (χ1v) is 8.93. The van der Waals surface area contributed by atoms with E-state index < -0.39 is 6.04 Å². The number of hydrogen-bond donors (Lipinski definition) is 1. The molecule has 0 aliphatic heterocycles. The van der Waals surface area contributed by atoms with Crippen molar-refractivity contribution >= 4 is 11.8 Å². The highest BCUT2D eigenvalue weighted by molar-refractivity contribution is 5.87. The van der Waals surface area contributed by atoms with Crippen molar-refractivity contribution in [2.45, 2.75) is 26.4 Å². The van der Waals surface area contributed by atoms with Crippen molar-refractivity contribution < 1.29 is 19.1 Å². The summed E-state index contributed by atoms with van der Waals surface area (Å²) in [7, 11) is 1.54. The summed E-state index contributed by atoms with van der Waals surface area (Å²) in [6.45, 7) is 4.21. The van der Waals surface area contributed by atoms with E-state index >= 15 is 0 Å². The number of methoxy groups -OCH3 is 1. The standard InChI is InChI=1S/C21H26N2O4/c1-4-22-21(25)16(2)23(14-17-10-6-5-7-11-17)20(24)15-27-19-13-9-8-12-18(19)26-3/h5-13,16H,4,14-15H2,1-3H3,(H,22,25). The van der Waals surface area contributed by atoms with Gasteiger partial charge < -0.3 is 19.7 Å².